The summed E-state index contributed by atoms with van der Waals surface area (Å²) in [4.78, 5) is 0. The summed E-state index contributed by atoms with van der Waals surface area (Å²) in [7, 11) is 0. The zero-order valence-corrected chi connectivity index (χ0v) is 11.5. The second-order valence-corrected chi connectivity index (χ2v) is 5.47. The van der Waals surface area contributed by atoms with Crippen LogP contribution < -0.4 is 5.32 Å². The van der Waals surface area contributed by atoms with E-state index in [1.165, 1.54) is 0 Å². The van der Waals surface area contributed by atoms with Crippen molar-refractivity contribution in [3.63, 3.8) is 0 Å². The van der Waals surface area contributed by atoms with Gasteiger partial charge in [-0.15, -0.1) is 0 Å². The number of phenols is 1. The Labute approximate surface area is 113 Å². The van der Waals surface area contributed by atoms with E-state index in [9.17, 15) is 5.11 Å². The minimum atomic E-state index is -0.295. The van der Waals surface area contributed by atoms with Crippen molar-refractivity contribution in [1.82, 2.24) is 0 Å². The van der Waals surface area contributed by atoms with Crippen LogP contribution in [0.2, 0.25) is 0 Å². The first-order chi connectivity index (χ1) is 8.85. The van der Waals surface area contributed by atoms with Gasteiger partial charge in [-0.05, 0) is 50.9 Å². The van der Waals surface area contributed by atoms with E-state index in [0.717, 1.165) is 16.5 Å². The summed E-state index contributed by atoms with van der Waals surface area (Å²) in [6.07, 6.45) is 0. The predicted octanol–water partition coefficient (Wildman–Crippen LogP) is 4.24. The van der Waals surface area contributed by atoms with Crippen LogP contribution in [0.25, 0.3) is 10.8 Å². The van der Waals surface area contributed by atoms with Crippen molar-refractivity contribution in [2.75, 3.05) is 5.32 Å². The molecule has 0 aliphatic carbocycles. The molecule has 0 spiro atoms. The maximum absolute atomic E-state index is 9.59. The van der Waals surface area contributed by atoms with E-state index < -0.39 is 0 Å². The molecule has 2 rings (SSSR count). The summed E-state index contributed by atoms with van der Waals surface area (Å²) >= 11 is 0. The first-order valence-electron chi connectivity index (χ1n) is 6.22. The Hall–Kier alpha value is -2.16. The van der Waals surface area contributed by atoms with Crippen molar-refractivity contribution in [1.29, 1.82) is 0 Å². The number of phenolic OH excluding ortho intramolecular Hbond substituents is 1. The normalized spacial score (nSPS) is 11.3. The lowest BCUT2D eigenvalue weighted by Gasteiger charge is -2.23. The third-order valence-corrected chi connectivity index (χ3v) is 2.57. The summed E-state index contributed by atoms with van der Waals surface area (Å²) in [5.74, 6) is 0.729. The maximum Gasteiger partial charge on any atom is 0.184 e. The van der Waals surface area contributed by atoms with Gasteiger partial charge >= 0.3 is 0 Å². The molecule has 2 aromatic rings. The van der Waals surface area contributed by atoms with E-state index >= 15 is 0 Å². The lowest BCUT2D eigenvalue weighted by atomic mass is 10.1. The minimum Gasteiger partial charge on any atom is -0.508 e. The molecule has 0 saturated carbocycles. The molecule has 0 atom stereocenters. The fourth-order valence-electron chi connectivity index (χ4n) is 1.91. The first kappa shape index (κ1) is 13.3. The number of rotatable bonds is 3. The Morgan fingerprint density at radius 1 is 1.21 bits per heavy atom. The van der Waals surface area contributed by atoms with Crippen LogP contribution in [0.5, 0.6) is 5.75 Å². The number of benzene rings is 2. The number of ether oxygens (including phenoxy) is 1. The molecule has 19 heavy (non-hydrogen) atoms. The average Bonchev–Trinajstić information content (AvgIpc) is 2.27. The van der Waals surface area contributed by atoms with Gasteiger partial charge in [0.25, 0.3) is 0 Å². The Bertz CT molecular complexity index is 612. The highest BCUT2D eigenvalue weighted by atomic mass is 16.5. The molecule has 2 aromatic carbocycles. The van der Waals surface area contributed by atoms with Gasteiger partial charge in [-0.2, -0.15) is 0 Å². The molecule has 2 N–H and O–H groups in total. The van der Waals surface area contributed by atoms with E-state index in [1.807, 2.05) is 45.0 Å². The molecule has 0 aliphatic rings. The fraction of sp³-hybridized carbons (Fsp3) is 0.250. The molecular weight excluding hydrogens is 238 g/mol. The van der Waals surface area contributed by atoms with Crippen LogP contribution in [-0.2, 0) is 4.74 Å². The van der Waals surface area contributed by atoms with Gasteiger partial charge < -0.3 is 15.2 Å². The third-order valence-electron chi connectivity index (χ3n) is 2.57. The number of hydrogen-bond acceptors (Lipinski definition) is 3. The van der Waals surface area contributed by atoms with Crippen LogP contribution in [0.15, 0.2) is 48.9 Å². The maximum atomic E-state index is 9.59. The molecule has 0 amide bonds. The molecule has 0 heterocycles. The Morgan fingerprint density at radius 2 is 1.95 bits per heavy atom. The van der Waals surface area contributed by atoms with E-state index in [4.69, 9.17) is 4.74 Å². The van der Waals surface area contributed by atoms with E-state index in [2.05, 4.69) is 11.9 Å². The molecule has 0 aliphatic heterocycles. The number of hydrogen-bond donors (Lipinski definition) is 2. The van der Waals surface area contributed by atoms with E-state index in [0.29, 0.717) is 5.88 Å². The van der Waals surface area contributed by atoms with Crippen LogP contribution in [-0.4, -0.2) is 10.7 Å². The highest BCUT2D eigenvalue weighted by Crippen LogP contribution is 2.28. The lowest BCUT2D eigenvalue weighted by Crippen LogP contribution is -2.21. The zero-order valence-electron chi connectivity index (χ0n) is 11.5. The van der Waals surface area contributed by atoms with Crippen LogP contribution >= 0.6 is 0 Å². The monoisotopic (exact) mass is 257 g/mol. The quantitative estimate of drug-likeness (QED) is 0.808. The van der Waals surface area contributed by atoms with Crippen molar-refractivity contribution in [3.05, 3.63) is 48.9 Å². The zero-order chi connectivity index (χ0) is 14.0. The number of aromatic hydroxyl groups is 1. The SMILES string of the molecule is C=C(Nc1cccc2ccc(O)cc12)OC(C)(C)C. The topological polar surface area (TPSA) is 41.5 Å². The Balaban J connectivity index is 2.30. The molecule has 0 radical (unpaired) electrons. The number of fused-ring (bicyclic) bond motifs is 1. The average molecular weight is 257 g/mol. The van der Waals surface area contributed by atoms with Crippen LogP contribution in [0.3, 0.4) is 0 Å². The van der Waals surface area contributed by atoms with Crippen LogP contribution in [0.4, 0.5) is 5.69 Å². The fourth-order valence-corrected chi connectivity index (χ4v) is 1.91. The molecule has 0 saturated heterocycles. The van der Waals surface area contributed by atoms with Gasteiger partial charge in [-0.1, -0.05) is 18.2 Å². The van der Waals surface area contributed by atoms with Gasteiger partial charge in [0.15, 0.2) is 5.88 Å². The minimum absolute atomic E-state index is 0.240. The Morgan fingerprint density at radius 3 is 2.63 bits per heavy atom. The third kappa shape index (κ3) is 3.41. The standard InChI is InChI=1S/C16H19NO2/c1-11(19-16(2,3)4)17-15-7-5-6-12-8-9-13(18)10-14(12)15/h5-10,17-18H,1H2,2-4H3. The van der Waals surface area contributed by atoms with Gasteiger partial charge in [-0.3, -0.25) is 0 Å². The molecule has 3 heteroatoms. The van der Waals surface area contributed by atoms with Crippen LogP contribution in [0, 0.1) is 0 Å². The number of nitrogens with one attached hydrogen (secondary N) is 1. The highest BCUT2D eigenvalue weighted by Gasteiger charge is 2.13. The summed E-state index contributed by atoms with van der Waals surface area (Å²) in [6.45, 7) is 9.77. The second-order valence-electron chi connectivity index (χ2n) is 5.47. The predicted molar refractivity (Wildman–Crippen MR) is 79.2 cm³/mol. The smallest absolute Gasteiger partial charge is 0.184 e. The highest BCUT2D eigenvalue weighted by molar-refractivity contribution is 5.95. The molecular formula is C16H19NO2. The molecule has 3 nitrogen and oxygen atoms in total. The van der Waals surface area contributed by atoms with Gasteiger partial charge in [0, 0.05) is 11.1 Å². The van der Waals surface area contributed by atoms with Gasteiger partial charge in [0.05, 0.1) is 0 Å². The largest absolute Gasteiger partial charge is 0.508 e. The van der Waals surface area contributed by atoms with Crippen molar-refractivity contribution in [3.8, 4) is 5.75 Å². The van der Waals surface area contributed by atoms with E-state index in [1.54, 1.807) is 12.1 Å². The number of anilines is 1. The van der Waals surface area contributed by atoms with Crippen molar-refractivity contribution in [2.24, 2.45) is 0 Å². The first-order valence-corrected chi connectivity index (χ1v) is 6.22. The molecule has 100 valence electrons. The van der Waals surface area contributed by atoms with Gasteiger partial charge in [-0.25, -0.2) is 0 Å². The molecule has 0 fully saturated rings. The molecule has 0 aromatic heterocycles. The molecule has 0 unspecified atom stereocenters. The van der Waals surface area contributed by atoms with Gasteiger partial charge in [0.2, 0.25) is 0 Å². The van der Waals surface area contributed by atoms with Crippen LogP contribution in [0.1, 0.15) is 20.8 Å². The van der Waals surface area contributed by atoms with Crippen molar-refractivity contribution >= 4 is 16.5 Å². The Kier molecular flexibility index (Phi) is 3.38. The summed E-state index contributed by atoms with van der Waals surface area (Å²) < 4.78 is 5.65. The summed E-state index contributed by atoms with van der Waals surface area (Å²) in [5, 5.41) is 14.7. The molecule has 0 bridgehead atoms. The van der Waals surface area contributed by atoms with Crippen molar-refractivity contribution in [2.45, 2.75) is 26.4 Å². The van der Waals surface area contributed by atoms with Crippen molar-refractivity contribution < 1.29 is 9.84 Å². The summed E-state index contributed by atoms with van der Waals surface area (Å²) in [6, 6.07) is 11.1. The lowest BCUT2D eigenvalue weighted by molar-refractivity contribution is 0.0565. The second kappa shape index (κ2) is 4.84. The van der Waals surface area contributed by atoms with E-state index in [-0.39, 0.29) is 11.4 Å². The summed E-state index contributed by atoms with van der Waals surface area (Å²) in [5.41, 5.74) is 0.569. The van der Waals surface area contributed by atoms with Gasteiger partial charge in [0.1, 0.15) is 11.4 Å².